The number of fused-ring (bicyclic) bond motifs is 1. The normalized spacial score (nSPS) is 16.5. The Hall–Kier alpha value is -3.36. The third-order valence-electron chi connectivity index (χ3n) is 5.52. The Morgan fingerprint density at radius 2 is 1.90 bits per heavy atom. The lowest BCUT2D eigenvalue weighted by Crippen LogP contribution is -2.40. The fourth-order valence-corrected chi connectivity index (χ4v) is 3.90. The number of para-hydroxylation sites is 2. The van der Waals surface area contributed by atoms with Crippen molar-refractivity contribution in [1.82, 2.24) is 18.7 Å². The van der Waals surface area contributed by atoms with Crippen LogP contribution in [-0.4, -0.2) is 37.8 Å². The van der Waals surface area contributed by atoms with Crippen molar-refractivity contribution in [3.63, 3.8) is 0 Å². The lowest BCUT2D eigenvalue weighted by molar-refractivity contribution is 0.672. The molecule has 29 heavy (non-hydrogen) atoms. The van der Waals surface area contributed by atoms with Crippen LogP contribution in [0.2, 0.25) is 0 Å². The average Bonchev–Trinajstić information content (AvgIpc) is 3.18. The summed E-state index contributed by atoms with van der Waals surface area (Å²) in [5.74, 6) is 0.912. The number of aryl methyl sites for hydroxylation is 1. The molecule has 9 nitrogen and oxygen atoms in total. The van der Waals surface area contributed by atoms with Crippen LogP contribution in [0.15, 0.2) is 44.7 Å². The summed E-state index contributed by atoms with van der Waals surface area (Å²) in [6.07, 6.45) is 0.767. The van der Waals surface area contributed by atoms with E-state index < -0.39 is 0 Å². The number of nitrogens with one attached hydrogen (secondary N) is 1. The fourth-order valence-electron chi connectivity index (χ4n) is 3.90. The highest BCUT2D eigenvalue weighted by Crippen LogP contribution is 2.20. The van der Waals surface area contributed by atoms with Crippen molar-refractivity contribution >= 4 is 22.7 Å². The number of hydrogen-bond donors (Lipinski definition) is 1. The monoisotopic (exact) mass is 396 g/mol. The Bertz CT molecular complexity index is 1260. The minimum atomic E-state index is -0.356. The molecule has 0 amide bonds. The van der Waals surface area contributed by atoms with Gasteiger partial charge in [-0.25, -0.2) is 9.78 Å². The molecule has 1 N–H and O–H groups in total. The second-order valence-electron chi connectivity index (χ2n) is 7.32. The largest absolute Gasteiger partial charge is 0.361 e. The SMILES string of the molecule is CCn1c(=O)c(N[C@H]2CCN(c3cc(=O)n(C)c(=O)n3C)C2)nc2ccccc21. The third kappa shape index (κ3) is 3.22. The molecule has 0 saturated carbocycles. The minimum Gasteiger partial charge on any atom is -0.361 e. The van der Waals surface area contributed by atoms with E-state index in [1.807, 2.05) is 36.1 Å². The van der Waals surface area contributed by atoms with Crippen molar-refractivity contribution in [3.05, 3.63) is 61.5 Å². The second-order valence-corrected chi connectivity index (χ2v) is 7.32. The first-order valence-electron chi connectivity index (χ1n) is 9.68. The molecule has 4 rings (SSSR count). The van der Waals surface area contributed by atoms with Crippen molar-refractivity contribution in [2.75, 3.05) is 23.3 Å². The smallest absolute Gasteiger partial charge is 0.332 e. The van der Waals surface area contributed by atoms with Gasteiger partial charge in [0.25, 0.3) is 11.1 Å². The molecule has 152 valence electrons. The molecule has 2 aromatic heterocycles. The summed E-state index contributed by atoms with van der Waals surface area (Å²) in [5, 5.41) is 3.28. The number of nitrogens with zero attached hydrogens (tertiary/aromatic N) is 5. The Labute approximate surface area is 166 Å². The van der Waals surface area contributed by atoms with Crippen molar-refractivity contribution in [3.8, 4) is 0 Å². The molecule has 1 atom stereocenters. The summed E-state index contributed by atoms with van der Waals surface area (Å²) >= 11 is 0. The first kappa shape index (κ1) is 19.0. The maximum atomic E-state index is 12.9. The van der Waals surface area contributed by atoms with Gasteiger partial charge in [-0.05, 0) is 25.5 Å². The van der Waals surface area contributed by atoms with Crippen molar-refractivity contribution in [2.45, 2.75) is 25.9 Å². The molecule has 0 bridgehead atoms. The van der Waals surface area contributed by atoms with Gasteiger partial charge < -0.3 is 14.8 Å². The molecule has 1 fully saturated rings. The van der Waals surface area contributed by atoms with E-state index in [4.69, 9.17) is 0 Å². The van der Waals surface area contributed by atoms with Gasteiger partial charge in [-0.2, -0.15) is 0 Å². The van der Waals surface area contributed by atoms with Gasteiger partial charge in [-0.3, -0.25) is 18.7 Å². The van der Waals surface area contributed by atoms with Gasteiger partial charge >= 0.3 is 5.69 Å². The molecule has 1 aliphatic heterocycles. The van der Waals surface area contributed by atoms with Crippen LogP contribution >= 0.6 is 0 Å². The molecule has 0 aliphatic carbocycles. The first-order chi connectivity index (χ1) is 13.9. The molecule has 9 heteroatoms. The van der Waals surface area contributed by atoms with E-state index >= 15 is 0 Å². The van der Waals surface area contributed by atoms with E-state index in [2.05, 4.69) is 10.3 Å². The topological polar surface area (TPSA) is 94.2 Å². The highest BCUT2D eigenvalue weighted by molar-refractivity contribution is 5.76. The van der Waals surface area contributed by atoms with Crippen LogP contribution in [0.5, 0.6) is 0 Å². The highest BCUT2D eigenvalue weighted by Gasteiger charge is 2.26. The van der Waals surface area contributed by atoms with Crippen LogP contribution in [0.1, 0.15) is 13.3 Å². The summed E-state index contributed by atoms with van der Waals surface area (Å²) in [6, 6.07) is 9.04. The van der Waals surface area contributed by atoms with Gasteiger partial charge in [0.15, 0.2) is 5.82 Å². The minimum absolute atomic E-state index is 0.0131. The highest BCUT2D eigenvalue weighted by atomic mass is 16.2. The zero-order chi connectivity index (χ0) is 20.7. The predicted molar refractivity (Wildman–Crippen MR) is 113 cm³/mol. The van der Waals surface area contributed by atoms with E-state index in [1.54, 1.807) is 11.6 Å². The van der Waals surface area contributed by atoms with Crippen molar-refractivity contribution < 1.29 is 0 Å². The standard InChI is InChI=1S/C20H24N6O3/c1-4-26-15-8-6-5-7-14(15)22-18(19(26)28)21-13-9-10-25(12-13)16-11-17(27)24(3)20(29)23(16)2/h5-8,11,13H,4,9-10,12H2,1-3H3,(H,21,22)/t13-/m0/s1. The number of aromatic nitrogens is 4. The van der Waals surface area contributed by atoms with Crippen molar-refractivity contribution in [1.29, 1.82) is 0 Å². The molecule has 3 aromatic rings. The zero-order valence-corrected chi connectivity index (χ0v) is 16.8. The maximum absolute atomic E-state index is 12.9. The molecular formula is C20H24N6O3. The Morgan fingerprint density at radius 3 is 2.66 bits per heavy atom. The van der Waals surface area contributed by atoms with E-state index in [0.717, 1.165) is 22.0 Å². The Kier molecular flexibility index (Phi) is 4.73. The number of anilines is 2. The number of benzene rings is 1. The molecule has 1 aromatic carbocycles. The quantitative estimate of drug-likeness (QED) is 0.690. The second kappa shape index (κ2) is 7.23. The van der Waals surface area contributed by atoms with Gasteiger partial charge in [0, 0.05) is 45.8 Å². The van der Waals surface area contributed by atoms with Crippen molar-refractivity contribution in [2.24, 2.45) is 14.1 Å². The van der Waals surface area contributed by atoms with Crippen LogP contribution in [0.3, 0.4) is 0 Å². The van der Waals surface area contributed by atoms with Crippen LogP contribution < -0.4 is 27.0 Å². The molecule has 1 aliphatic rings. The van der Waals surface area contributed by atoms with E-state index in [1.165, 1.54) is 17.7 Å². The van der Waals surface area contributed by atoms with E-state index in [9.17, 15) is 14.4 Å². The zero-order valence-electron chi connectivity index (χ0n) is 16.8. The van der Waals surface area contributed by atoms with E-state index in [0.29, 0.717) is 31.3 Å². The molecule has 0 spiro atoms. The Balaban J connectivity index is 1.62. The van der Waals surface area contributed by atoms with Gasteiger partial charge in [-0.1, -0.05) is 12.1 Å². The van der Waals surface area contributed by atoms with E-state index in [-0.39, 0.29) is 22.9 Å². The van der Waals surface area contributed by atoms with Gasteiger partial charge in [0.1, 0.15) is 5.82 Å². The van der Waals surface area contributed by atoms with Crippen LogP contribution in [-0.2, 0) is 20.6 Å². The summed E-state index contributed by atoms with van der Waals surface area (Å²) in [6.45, 7) is 3.74. The maximum Gasteiger partial charge on any atom is 0.332 e. The lowest BCUT2D eigenvalue weighted by Gasteiger charge is -2.22. The average molecular weight is 396 g/mol. The predicted octanol–water partition coefficient (Wildman–Crippen LogP) is 0.505. The molecule has 1 saturated heterocycles. The first-order valence-corrected chi connectivity index (χ1v) is 9.68. The molecule has 0 radical (unpaired) electrons. The van der Waals surface area contributed by atoms with Gasteiger partial charge in [0.05, 0.1) is 11.0 Å². The summed E-state index contributed by atoms with van der Waals surface area (Å²) < 4.78 is 4.27. The van der Waals surface area contributed by atoms with Crippen LogP contribution in [0.25, 0.3) is 11.0 Å². The molecule has 3 heterocycles. The summed E-state index contributed by atoms with van der Waals surface area (Å²) in [7, 11) is 3.12. The van der Waals surface area contributed by atoms with Gasteiger partial charge in [0.2, 0.25) is 0 Å². The molecule has 0 unspecified atom stereocenters. The fraction of sp³-hybridized carbons (Fsp3) is 0.400. The molecular weight excluding hydrogens is 372 g/mol. The lowest BCUT2D eigenvalue weighted by atomic mass is 10.2. The van der Waals surface area contributed by atoms with Crippen LogP contribution in [0, 0.1) is 0 Å². The summed E-state index contributed by atoms with van der Waals surface area (Å²) in [5.41, 5.74) is 0.743. The number of hydrogen-bond acceptors (Lipinski definition) is 6. The Morgan fingerprint density at radius 1 is 1.14 bits per heavy atom. The number of rotatable bonds is 4. The third-order valence-corrected chi connectivity index (χ3v) is 5.52. The van der Waals surface area contributed by atoms with Crippen LogP contribution in [0.4, 0.5) is 11.6 Å². The van der Waals surface area contributed by atoms with Gasteiger partial charge in [-0.15, -0.1) is 0 Å². The summed E-state index contributed by atoms with van der Waals surface area (Å²) in [4.78, 5) is 43.6.